The van der Waals surface area contributed by atoms with E-state index >= 15 is 0 Å². The van der Waals surface area contributed by atoms with Crippen molar-refractivity contribution in [2.24, 2.45) is 0 Å². The summed E-state index contributed by atoms with van der Waals surface area (Å²) in [5.41, 5.74) is 5.01. The van der Waals surface area contributed by atoms with Gasteiger partial charge >= 0.3 is 0 Å². The van der Waals surface area contributed by atoms with Gasteiger partial charge in [-0.1, -0.05) is 48.4 Å². The fourth-order valence-corrected chi connectivity index (χ4v) is 4.00. The number of rotatable bonds is 4. The number of nitrogens with zero attached hydrogens (tertiary/aromatic N) is 2. The van der Waals surface area contributed by atoms with Gasteiger partial charge in [0.05, 0.1) is 11.4 Å². The number of benzene rings is 2. The van der Waals surface area contributed by atoms with E-state index in [0.717, 1.165) is 27.4 Å². The highest BCUT2D eigenvalue weighted by Gasteiger charge is 2.23. The predicted molar refractivity (Wildman–Crippen MR) is 111 cm³/mol. The van der Waals surface area contributed by atoms with Gasteiger partial charge in [-0.15, -0.1) is 11.3 Å². The van der Waals surface area contributed by atoms with E-state index in [1.54, 1.807) is 4.90 Å². The van der Waals surface area contributed by atoms with Gasteiger partial charge in [0.25, 0.3) is 0 Å². The number of halogens is 1. The van der Waals surface area contributed by atoms with Gasteiger partial charge in [0, 0.05) is 21.9 Å². The SMILES string of the molecule is CCC(=O)N(c1nc(-c2ccc(Cl)cc2)c(C)s1)c1ccc(C)cc1C. The van der Waals surface area contributed by atoms with Crippen LogP contribution in [0.4, 0.5) is 10.8 Å². The molecule has 1 heterocycles. The summed E-state index contributed by atoms with van der Waals surface area (Å²) in [4.78, 5) is 20.3. The summed E-state index contributed by atoms with van der Waals surface area (Å²) in [5, 5.41) is 1.39. The maximum Gasteiger partial charge on any atom is 0.233 e. The van der Waals surface area contributed by atoms with Crippen molar-refractivity contribution in [2.75, 3.05) is 4.90 Å². The zero-order valence-corrected chi connectivity index (χ0v) is 16.9. The number of carbonyl (C=O) groups excluding carboxylic acids is 1. The average Bonchev–Trinajstić information content (AvgIpc) is 2.99. The Bertz CT molecular complexity index is 947. The van der Waals surface area contributed by atoms with Crippen LogP contribution >= 0.6 is 22.9 Å². The van der Waals surface area contributed by atoms with Crippen LogP contribution < -0.4 is 4.90 Å². The minimum absolute atomic E-state index is 0.0355. The van der Waals surface area contributed by atoms with Crippen LogP contribution in [0.3, 0.4) is 0 Å². The Morgan fingerprint density at radius 3 is 2.42 bits per heavy atom. The molecule has 5 heteroatoms. The van der Waals surface area contributed by atoms with E-state index in [0.29, 0.717) is 16.6 Å². The van der Waals surface area contributed by atoms with E-state index in [2.05, 4.69) is 13.0 Å². The zero-order chi connectivity index (χ0) is 18.8. The molecule has 3 rings (SSSR count). The molecule has 0 fully saturated rings. The second-order valence-electron chi connectivity index (χ2n) is 6.28. The highest BCUT2D eigenvalue weighted by molar-refractivity contribution is 7.16. The molecule has 0 saturated carbocycles. The van der Waals surface area contributed by atoms with Crippen LogP contribution in [0, 0.1) is 20.8 Å². The van der Waals surface area contributed by atoms with E-state index in [-0.39, 0.29) is 5.91 Å². The maximum absolute atomic E-state index is 12.7. The van der Waals surface area contributed by atoms with Crippen molar-refractivity contribution in [3.8, 4) is 11.3 Å². The zero-order valence-electron chi connectivity index (χ0n) is 15.3. The Labute approximate surface area is 163 Å². The lowest BCUT2D eigenvalue weighted by Crippen LogP contribution is -2.25. The van der Waals surface area contributed by atoms with E-state index in [9.17, 15) is 4.79 Å². The fraction of sp³-hybridized carbons (Fsp3) is 0.238. The Balaban J connectivity index is 2.09. The molecule has 0 aliphatic rings. The Morgan fingerprint density at radius 1 is 1.12 bits per heavy atom. The van der Waals surface area contributed by atoms with Crippen molar-refractivity contribution in [1.82, 2.24) is 4.98 Å². The van der Waals surface area contributed by atoms with Gasteiger partial charge in [0.2, 0.25) is 5.91 Å². The van der Waals surface area contributed by atoms with Crippen molar-refractivity contribution in [1.29, 1.82) is 0 Å². The number of thiazole rings is 1. The third-order valence-corrected chi connectivity index (χ3v) is 5.45. The molecule has 2 aromatic carbocycles. The van der Waals surface area contributed by atoms with Crippen LogP contribution in [0.5, 0.6) is 0 Å². The van der Waals surface area contributed by atoms with Gasteiger partial charge < -0.3 is 0 Å². The summed E-state index contributed by atoms with van der Waals surface area (Å²) in [7, 11) is 0. The molecule has 0 spiro atoms. The summed E-state index contributed by atoms with van der Waals surface area (Å²) in [5.74, 6) is 0.0355. The molecule has 1 aromatic heterocycles. The number of aromatic nitrogens is 1. The molecule has 134 valence electrons. The third-order valence-electron chi connectivity index (χ3n) is 4.24. The smallest absolute Gasteiger partial charge is 0.233 e. The quantitative estimate of drug-likeness (QED) is 0.516. The second kappa shape index (κ2) is 7.60. The van der Waals surface area contributed by atoms with Crippen molar-refractivity contribution >= 4 is 39.7 Å². The van der Waals surface area contributed by atoms with Crippen LogP contribution in [0.2, 0.25) is 5.02 Å². The van der Waals surface area contributed by atoms with Crippen LogP contribution in [0.1, 0.15) is 29.3 Å². The van der Waals surface area contributed by atoms with Crippen LogP contribution in [-0.4, -0.2) is 10.9 Å². The molecule has 0 bridgehead atoms. The largest absolute Gasteiger partial charge is 0.274 e. The topological polar surface area (TPSA) is 33.2 Å². The Hall–Kier alpha value is -2.17. The van der Waals surface area contributed by atoms with E-state index in [4.69, 9.17) is 16.6 Å². The third kappa shape index (κ3) is 3.67. The van der Waals surface area contributed by atoms with Gasteiger partial charge in [0.15, 0.2) is 5.13 Å². The van der Waals surface area contributed by atoms with Gasteiger partial charge in [0.1, 0.15) is 0 Å². The first-order chi connectivity index (χ1) is 12.4. The first-order valence-electron chi connectivity index (χ1n) is 8.54. The van der Waals surface area contributed by atoms with Crippen LogP contribution in [0.15, 0.2) is 42.5 Å². The number of hydrogen-bond acceptors (Lipinski definition) is 3. The van der Waals surface area contributed by atoms with Crippen molar-refractivity contribution in [3.05, 3.63) is 63.5 Å². The summed E-state index contributed by atoms with van der Waals surface area (Å²) in [6.45, 7) is 7.98. The normalized spacial score (nSPS) is 10.8. The number of aryl methyl sites for hydroxylation is 3. The minimum atomic E-state index is 0.0355. The monoisotopic (exact) mass is 384 g/mol. The summed E-state index contributed by atoms with van der Waals surface area (Å²) < 4.78 is 0. The van der Waals surface area contributed by atoms with Gasteiger partial charge in [-0.05, 0) is 44.5 Å². The molecule has 3 aromatic rings. The maximum atomic E-state index is 12.7. The standard InChI is InChI=1S/C21H21ClN2OS/c1-5-19(25)24(18-11-6-13(2)12-14(18)3)21-23-20(15(4)26-21)16-7-9-17(22)10-8-16/h6-12H,5H2,1-4H3. The lowest BCUT2D eigenvalue weighted by Gasteiger charge is -2.21. The van der Waals surface area contributed by atoms with Crippen molar-refractivity contribution in [2.45, 2.75) is 34.1 Å². The number of anilines is 2. The lowest BCUT2D eigenvalue weighted by atomic mass is 10.1. The molecule has 0 radical (unpaired) electrons. The minimum Gasteiger partial charge on any atom is -0.274 e. The number of amides is 1. The van der Waals surface area contributed by atoms with Gasteiger partial charge in [-0.3, -0.25) is 9.69 Å². The molecule has 3 nitrogen and oxygen atoms in total. The van der Waals surface area contributed by atoms with Crippen LogP contribution in [0.25, 0.3) is 11.3 Å². The van der Waals surface area contributed by atoms with Crippen molar-refractivity contribution < 1.29 is 4.79 Å². The first-order valence-corrected chi connectivity index (χ1v) is 9.73. The molecular weight excluding hydrogens is 364 g/mol. The van der Waals surface area contributed by atoms with Crippen LogP contribution in [-0.2, 0) is 4.79 Å². The number of carbonyl (C=O) groups is 1. The molecule has 1 amide bonds. The fourth-order valence-electron chi connectivity index (χ4n) is 2.91. The second-order valence-corrected chi connectivity index (χ2v) is 7.90. The molecule has 0 N–H and O–H groups in total. The molecule has 0 aliphatic carbocycles. The van der Waals surface area contributed by atoms with E-state index < -0.39 is 0 Å². The summed E-state index contributed by atoms with van der Waals surface area (Å²) in [6, 6.07) is 13.7. The summed E-state index contributed by atoms with van der Waals surface area (Å²) >= 11 is 7.53. The average molecular weight is 385 g/mol. The van der Waals surface area contributed by atoms with Gasteiger partial charge in [-0.2, -0.15) is 0 Å². The highest BCUT2D eigenvalue weighted by Crippen LogP contribution is 2.37. The molecule has 0 saturated heterocycles. The van der Waals surface area contributed by atoms with E-state index in [1.165, 1.54) is 16.9 Å². The predicted octanol–water partition coefficient (Wildman–Crippen LogP) is 6.46. The Morgan fingerprint density at radius 2 is 1.81 bits per heavy atom. The molecule has 0 unspecified atom stereocenters. The first kappa shape index (κ1) is 18.6. The Kier molecular flexibility index (Phi) is 5.44. The molecule has 26 heavy (non-hydrogen) atoms. The molecular formula is C21H21ClN2OS. The lowest BCUT2D eigenvalue weighted by molar-refractivity contribution is -0.117. The van der Waals surface area contributed by atoms with Gasteiger partial charge in [-0.25, -0.2) is 4.98 Å². The number of hydrogen-bond donors (Lipinski definition) is 0. The molecule has 0 aliphatic heterocycles. The van der Waals surface area contributed by atoms with E-state index in [1.807, 2.05) is 57.2 Å². The van der Waals surface area contributed by atoms with Crippen molar-refractivity contribution in [3.63, 3.8) is 0 Å². The summed E-state index contributed by atoms with van der Waals surface area (Å²) in [6.07, 6.45) is 0.419. The molecule has 0 atom stereocenters. The highest BCUT2D eigenvalue weighted by atomic mass is 35.5.